The molecule has 3 aromatic rings. The molecule has 0 fully saturated rings. The maximum atomic E-state index is 4.81. The molecule has 3 nitrogen and oxygen atoms in total. The van der Waals surface area contributed by atoms with Crippen LogP contribution in [-0.2, 0) is 5.41 Å². The van der Waals surface area contributed by atoms with Gasteiger partial charge in [-0.25, -0.2) is 4.98 Å². The minimum absolute atomic E-state index is 0.0538. The first-order valence-electron chi connectivity index (χ1n) is 10.2. The first-order valence-corrected chi connectivity index (χ1v) is 10.2. The summed E-state index contributed by atoms with van der Waals surface area (Å²) in [6, 6.07) is 23.7. The number of benzene rings is 2. The fourth-order valence-electron chi connectivity index (χ4n) is 4.79. The van der Waals surface area contributed by atoms with Gasteiger partial charge in [0.2, 0.25) is 0 Å². The Balaban J connectivity index is 1.78. The lowest BCUT2D eigenvalue weighted by Gasteiger charge is -2.32. The van der Waals surface area contributed by atoms with Crippen LogP contribution in [-0.4, -0.2) is 11.1 Å². The van der Waals surface area contributed by atoms with Crippen LogP contribution >= 0.6 is 0 Å². The van der Waals surface area contributed by atoms with Gasteiger partial charge in [-0.2, -0.15) is 0 Å². The number of para-hydroxylation sites is 2. The van der Waals surface area contributed by atoms with Gasteiger partial charge in [-0.3, -0.25) is 4.90 Å². The Kier molecular flexibility index (Phi) is 3.97. The molecule has 0 saturated heterocycles. The van der Waals surface area contributed by atoms with Crippen LogP contribution in [0, 0.1) is 0 Å². The Bertz CT molecular complexity index is 1020. The quantitative estimate of drug-likeness (QED) is 0.505. The van der Waals surface area contributed by atoms with E-state index >= 15 is 0 Å². The van der Waals surface area contributed by atoms with Crippen LogP contribution in [0.5, 0.6) is 0 Å². The second kappa shape index (κ2) is 6.52. The molecule has 2 aromatic carbocycles. The number of anilines is 4. The number of pyridine rings is 1. The molecule has 3 heterocycles. The maximum Gasteiger partial charge on any atom is 0.159 e. The minimum atomic E-state index is 0.0538. The van der Waals surface area contributed by atoms with E-state index < -0.39 is 0 Å². The fraction of sp³-hybridized carbons (Fsp3) is 0.240. The topological polar surface area (TPSA) is 19.4 Å². The lowest BCUT2D eigenvalue weighted by atomic mass is 9.75. The van der Waals surface area contributed by atoms with E-state index in [4.69, 9.17) is 4.98 Å². The second-order valence-electron chi connectivity index (χ2n) is 7.57. The molecule has 0 aliphatic carbocycles. The van der Waals surface area contributed by atoms with Crippen LogP contribution in [0.15, 0.2) is 85.1 Å². The summed E-state index contributed by atoms with van der Waals surface area (Å²) >= 11 is 0. The molecule has 0 N–H and O–H groups in total. The van der Waals surface area contributed by atoms with Crippen LogP contribution < -0.4 is 9.80 Å². The van der Waals surface area contributed by atoms with Crippen LogP contribution in [0.25, 0.3) is 0 Å². The largest absolute Gasteiger partial charge is 0.313 e. The summed E-state index contributed by atoms with van der Waals surface area (Å²) in [5.41, 5.74) is 5.05. The molecular formula is C25H25N3. The average Bonchev–Trinajstić information content (AvgIpc) is 3.02. The normalized spacial score (nSPS) is 19.0. The lowest BCUT2D eigenvalue weighted by Crippen LogP contribution is -2.36. The highest BCUT2D eigenvalue weighted by Crippen LogP contribution is 2.51. The first-order chi connectivity index (χ1) is 13.8. The van der Waals surface area contributed by atoms with Gasteiger partial charge in [-0.1, -0.05) is 56.3 Å². The molecule has 0 bridgehead atoms. The Labute approximate surface area is 167 Å². The Morgan fingerprint density at radius 2 is 1.54 bits per heavy atom. The number of rotatable bonds is 3. The summed E-state index contributed by atoms with van der Waals surface area (Å²) in [5, 5.41) is 0. The van der Waals surface area contributed by atoms with E-state index in [1.54, 1.807) is 0 Å². The number of hydrogen-bond donors (Lipinski definition) is 0. The molecule has 1 aromatic heterocycles. The number of aromatic nitrogens is 1. The van der Waals surface area contributed by atoms with Crippen LogP contribution in [0.3, 0.4) is 0 Å². The third-order valence-corrected chi connectivity index (χ3v) is 6.37. The highest BCUT2D eigenvalue weighted by molar-refractivity contribution is 5.88. The van der Waals surface area contributed by atoms with Crippen molar-refractivity contribution in [1.82, 2.24) is 4.98 Å². The summed E-state index contributed by atoms with van der Waals surface area (Å²) in [7, 11) is 0. The van der Waals surface area contributed by atoms with Crippen molar-refractivity contribution in [2.45, 2.75) is 38.3 Å². The summed E-state index contributed by atoms with van der Waals surface area (Å²) < 4.78 is 0. The highest BCUT2D eigenvalue weighted by atomic mass is 15.4. The van der Waals surface area contributed by atoms with Gasteiger partial charge in [-0.15, -0.1) is 0 Å². The van der Waals surface area contributed by atoms with Gasteiger partial charge in [0.15, 0.2) is 5.82 Å². The number of allylic oxidation sites excluding steroid dienone is 1. The molecule has 0 spiro atoms. The van der Waals surface area contributed by atoms with E-state index in [0.29, 0.717) is 0 Å². The van der Waals surface area contributed by atoms with Crippen molar-refractivity contribution in [3.8, 4) is 0 Å². The zero-order valence-electron chi connectivity index (χ0n) is 16.4. The third-order valence-electron chi connectivity index (χ3n) is 6.37. The smallest absolute Gasteiger partial charge is 0.159 e. The van der Waals surface area contributed by atoms with E-state index in [1.807, 2.05) is 12.3 Å². The van der Waals surface area contributed by atoms with Crippen LogP contribution in [0.1, 0.15) is 32.3 Å². The Morgan fingerprint density at radius 1 is 0.821 bits per heavy atom. The molecule has 2 aliphatic rings. The SMILES string of the molecule is CCC1(CC)C=CC2N(c3ccccc3)c3cccnc3N2c2ccccc21. The zero-order chi connectivity index (χ0) is 19.1. The maximum absolute atomic E-state index is 4.81. The number of nitrogens with zero attached hydrogens (tertiary/aromatic N) is 3. The zero-order valence-corrected chi connectivity index (χ0v) is 16.4. The number of fused-ring (bicyclic) bond motifs is 5. The van der Waals surface area contributed by atoms with Crippen molar-refractivity contribution in [2.75, 3.05) is 9.80 Å². The Hall–Kier alpha value is -3.07. The molecular weight excluding hydrogens is 342 g/mol. The van der Waals surface area contributed by atoms with Crippen molar-refractivity contribution >= 4 is 22.9 Å². The molecule has 1 unspecified atom stereocenters. The summed E-state index contributed by atoms with van der Waals surface area (Å²) in [6.45, 7) is 4.59. The van der Waals surface area contributed by atoms with Crippen molar-refractivity contribution in [2.24, 2.45) is 0 Å². The molecule has 2 aliphatic heterocycles. The van der Waals surface area contributed by atoms with Crippen molar-refractivity contribution in [1.29, 1.82) is 0 Å². The van der Waals surface area contributed by atoms with Gasteiger partial charge < -0.3 is 4.90 Å². The van der Waals surface area contributed by atoms with Gasteiger partial charge in [0, 0.05) is 23.0 Å². The molecule has 3 heteroatoms. The highest BCUT2D eigenvalue weighted by Gasteiger charge is 2.42. The molecule has 0 radical (unpaired) electrons. The predicted molar refractivity (Wildman–Crippen MR) is 117 cm³/mol. The van der Waals surface area contributed by atoms with E-state index in [-0.39, 0.29) is 11.6 Å². The number of hydrogen-bond acceptors (Lipinski definition) is 3. The monoisotopic (exact) mass is 367 g/mol. The van der Waals surface area contributed by atoms with Gasteiger partial charge in [0.25, 0.3) is 0 Å². The van der Waals surface area contributed by atoms with Gasteiger partial charge >= 0.3 is 0 Å². The summed E-state index contributed by atoms with van der Waals surface area (Å²) in [5.74, 6) is 1.02. The Morgan fingerprint density at radius 3 is 2.32 bits per heavy atom. The third kappa shape index (κ3) is 2.32. The summed E-state index contributed by atoms with van der Waals surface area (Å²) in [4.78, 5) is 9.61. The molecule has 1 atom stereocenters. The molecule has 0 amide bonds. The van der Waals surface area contributed by atoms with E-state index in [9.17, 15) is 0 Å². The lowest BCUT2D eigenvalue weighted by molar-refractivity contribution is 0.499. The van der Waals surface area contributed by atoms with Crippen molar-refractivity contribution < 1.29 is 0 Å². The van der Waals surface area contributed by atoms with E-state index in [1.165, 1.54) is 16.9 Å². The van der Waals surface area contributed by atoms with E-state index in [2.05, 4.69) is 96.5 Å². The molecule has 140 valence electrons. The molecule has 28 heavy (non-hydrogen) atoms. The summed E-state index contributed by atoms with van der Waals surface area (Å²) in [6.07, 6.45) is 8.96. The first kappa shape index (κ1) is 17.1. The standard InChI is InChI=1S/C25H25N3/c1-3-25(4-2)17-16-23-27(19-11-6-5-7-12-19)22-15-10-18-26-24(22)28(23)21-14-9-8-13-20(21)25/h5-18,23H,3-4H2,1-2H3. The van der Waals surface area contributed by atoms with Crippen LogP contribution in [0.4, 0.5) is 22.9 Å². The minimum Gasteiger partial charge on any atom is -0.313 e. The van der Waals surface area contributed by atoms with E-state index in [0.717, 1.165) is 24.3 Å². The average molecular weight is 367 g/mol. The predicted octanol–water partition coefficient (Wildman–Crippen LogP) is 6.33. The molecule has 5 rings (SSSR count). The molecule has 0 saturated carbocycles. The van der Waals surface area contributed by atoms with Gasteiger partial charge in [-0.05, 0) is 54.8 Å². The van der Waals surface area contributed by atoms with Crippen LogP contribution in [0.2, 0.25) is 0 Å². The van der Waals surface area contributed by atoms with Crippen molar-refractivity contribution in [3.05, 3.63) is 90.6 Å². The van der Waals surface area contributed by atoms with Gasteiger partial charge in [0.1, 0.15) is 6.17 Å². The van der Waals surface area contributed by atoms with Crippen molar-refractivity contribution in [3.63, 3.8) is 0 Å². The van der Waals surface area contributed by atoms with Gasteiger partial charge in [0.05, 0.1) is 5.69 Å². The fourth-order valence-corrected chi connectivity index (χ4v) is 4.79. The second-order valence-corrected chi connectivity index (χ2v) is 7.57.